The van der Waals surface area contributed by atoms with E-state index in [1.807, 2.05) is 19.1 Å². The van der Waals surface area contributed by atoms with Gasteiger partial charge in [0.05, 0.1) is 17.7 Å². The molecule has 0 saturated carbocycles. The number of hydrogen-bond acceptors (Lipinski definition) is 5. The normalized spacial score (nSPS) is 10.1. The lowest BCUT2D eigenvalue weighted by Gasteiger charge is -2.08. The van der Waals surface area contributed by atoms with E-state index in [1.165, 1.54) is 0 Å². The molecule has 136 valence electrons. The molecule has 0 aliphatic carbocycles. The smallest absolute Gasteiger partial charge is 0.338 e. The van der Waals surface area contributed by atoms with Gasteiger partial charge in [-0.25, -0.2) is 9.59 Å². The minimum Gasteiger partial charge on any atom is -0.462 e. The third kappa shape index (κ3) is 5.44. The number of carbonyl (C=O) groups is 3. The molecule has 0 aromatic heterocycles. The maximum atomic E-state index is 11.9. The number of amides is 1. The number of esters is 2. The van der Waals surface area contributed by atoms with Gasteiger partial charge in [0, 0.05) is 5.69 Å². The van der Waals surface area contributed by atoms with Crippen LogP contribution in [0.4, 0.5) is 5.69 Å². The third-order valence-corrected chi connectivity index (χ3v) is 3.61. The molecule has 6 nitrogen and oxygen atoms in total. The van der Waals surface area contributed by atoms with Gasteiger partial charge in [0.25, 0.3) is 5.91 Å². The summed E-state index contributed by atoms with van der Waals surface area (Å²) >= 11 is 0. The number of anilines is 1. The Morgan fingerprint density at radius 3 is 1.88 bits per heavy atom. The van der Waals surface area contributed by atoms with Crippen molar-refractivity contribution in [1.29, 1.82) is 0 Å². The Labute approximate surface area is 152 Å². The summed E-state index contributed by atoms with van der Waals surface area (Å²) in [7, 11) is 0. The minimum absolute atomic E-state index is 0.295. The molecule has 6 heteroatoms. The molecule has 0 bridgehead atoms. The largest absolute Gasteiger partial charge is 0.462 e. The molecule has 1 N–H and O–H groups in total. The summed E-state index contributed by atoms with van der Waals surface area (Å²) in [5.74, 6) is -1.44. The van der Waals surface area contributed by atoms with Gasteiger partial charge in [-0.3, -0.25) is 4.79 Å². The molecule has 0 fully saturated rings. The Kier molecular flexibility index (Phi) is 6.91. The Morgan fingerprint density at radius 1 is 0.808 bits per heavy atom. The van der Waals surface area contributed by atoms with Gasteiger partial charge >= 0.3 is 11.9 Å². The van der Waals surface area contributed by atoms with Crippen molar-refractivity contribution < 1.29 is 23.9 Å². The summed E-state index contributed by atoms with van der Waals surface area (Å²) in [5, 5.41) is 2.60. The fourth-order valence-corrected chi connectivity index (χ4v) is 2.19. The van der Waals surface area contributed by atoms with E-state index in [2.05, 4.69) is 5.32 Å². The molecule has 0 saturated heterocycles. The van der Waals surface area contributed by atoms with Crippen LogP contribution in [0.1, 0.15) is 40.1 Å². The predicted molar refractivity (Wildman–Crippen MR) is 97.1 cm³/mol. The van der Waals surface area contributed by atoms with Crippen LogP contribution < -0.4 is 5.32 Å². The zero-order chi connectivity index (χ0) is 18.9. The second-order valence-electron chi connectivity index (χ2n) is 5.47. The maximum Gasteiger partial charge on any atom is 0.338 e. The highest BCUT2D eigenvalue weighted by atomic mass is 16.5. The number of nitrogens with one attached hydrogen (secondary N) is 1. The second-order valence-corrected chi connectivity index (χ2v) is 5.47. The number of aryl methyl sites for hydroxylation is 1. The predicted octanol–water partition coefficient (Wildman–Crippen LogP) is 3.22. The van der Waals surface area contributed by atoms with Gasteiger partial charge in [-0.05, 0) is 55.3 Å². The van der Waals surface area contributed by atoms with Crippen LogP contribution in [0.15, 0.2) is 48.5 Å². The van der Waals surface area contributed by atoms with E-state index in [4.69, 9.17) is 9.47 Å². The number of ether oxygens (including phenoxy) is 2. The second kappa shape index (κ2) is 9.36. The Morgan fingerprint density at radius 2 is 1.35 bits per heavy atom. The first-order valence-corrected chi connectivity index (χ1v) is 8.36. The lowest BCUT2D eigenvalue weighted by atomic mass is 10.1. The molecule has 2 aromatic rings. The van der Waals surface area contributed by atoms with Gasteiger partial charge in [0.15, 0.2) is 6.61 Å². The lowest BCUT2D eigenvalue weighted by molar-refractivity contribution is -0.119. The van der Waals surface area contributed by atoms with E-state index in [9.17, 15) is 14.4 Å². The van der Waals surface area contributed by atoms with Crippen molar-refractivity contribution in [3.63, 3.8) is 0 Å². The van der Waals surface area contributed by atoms with Crippen molar-refractivity contribution in [1.82, 2.24) is 0 Å². The highest BCUT2D eigenvalue weighted by molar-refractivity contribution is 5.96. The van der Waals surface area contributed by atoms with Gasteiger partial charge in [0.2, 0.25) is 0 Å². The van der Waals surface area contributed by atoms with E-state index in [1.54, 1.807) is 43.3 Å². The first kappa shape index (κ1) is 19.2. The molecular weight excluding hydrogens is 334 g/mol. The van der Waals surface area contributed by atoms with Gasteiger partial charge < -0.3 is 14.8 Å². The highest BCUT2D eigenvalue weighted by Gasteiger charge is 2.11. The average molecular weight is 355 g/mol. The Bertz CT molecular complexity index is 766. The molecule has 0 unspecified atom stereocenters. The lowest BCUT2D eigenvalue weighted by Crippen LogP contribution is -2.21. The van der Waals surface area contributed by atoms with Crippen LogP contribution in [0.5, 0.6) is 0 Å². The Balaban J connectivity index is 1.84. The fourth-order valence-electron chi connectivity index (χ4n) is 2.19. The molecule has 2 aromatic carbocycles. The van der Waals surface area contributed by atoms with Crippen LogP contribution in [0.2, 0.25) is 0 Å². The molecule has 0 radical (unpaired) electrons. The summed E-state index contributed by atoms with van der Waals surface area (Å²) in [6.07, 6.45) is 0.882. The van der Waals surface area contributed by atoms with Crippen molar-refractivity contribution in [3.05, 3.63) is 65.2 Å². The van der Waals surface area contributed by atoms with Crippen LogP contribution in [0, 0.1) is 0 Å². The molecule has 2 rings (SSSR count). The summed E-state index contributed by atoms with van der Waals surface area (Å²) in [6.45, 7) is 3.65. The van der Waals surface area contributed by atoms with Crippen LogP contribution in [0.3, 0.4) is 0 Å². The van der Waals surface area contributed by atoms with Gasteiger partial charge in [-0.15, -0.1) is 0 Å². The SMILES string of the molecule is CCOC(=O)c1ccc(NC(=O)COC(=O)c2ccc(CC)cc2)cc1. The zero-order valence-electron chi connectivity index (χ0n) is 14.8. The van der Waals surface area contributed by atoms with E-state index in [-0.39, 0.29) is 0 Å². The number of rotatable bonds is 7. The summed E-state index contributed by atoms with van der Waals surface area (Å²) in [6, 6.07) is 13.3. The van der Waals surface area contributed by atoms with E-state index >= 15 is 0 Å². The van der Waals surface area contributed by atoms with Gasteiger partial charge in [-0.2, -0.15) is 0 Å². The van der Waals surface area contributed by atoms with Crippen LogP contribution in [-0.4, -0.2) is 31.1 Å². The third-order valence-electron chi connectivity index (χ3n) is 3.61. The first-order valence-electron chi connectivity index (χ1n) is 8.36. The number of carbonyl (C=O) groups excluding carboxylic acids is 3. The fraction of sp³-hybridized carbons (Fsp3) is 0.250. The zero-order valence-corrected chi connectivity index (χ0v) is 14.8. The van der Waals surface area contributed by atoms with Crippen molar-refractivity contribution in [2.75, 3.05) is 18.5 Å². The average Bonchev–Trinajstić information content (AvgIpc) is 2.67. The molecule has 0 atom stereocenters. The summed E-state index contributed by atoms with van der Waals surface area (Å²) in [4.78, 5) is 35.4. The molecule has 26 heavy (non-hydrogen) atoms. The first-order chi connectivity index (χ1) is 12.5. The summed E-state index contributed by atoms with van der Waals surface area (Å²) in [5.41, 5.74) is 2.40. The standard InChI is InChI=1S/C20H21NO5/c1-3-14-5-7-15(8-6-14)20(24)26-13-18(22)21-17-11-9-16(10-12-17)19(23)25-4-2/h5-12H,3-4,13H2,1-2H3,(H,21,22). The molecule has 1 amide bonds. The minimum atomic E-state index is -0.555. The molecule has 0 aliphatic heterocycles. The maximum absolute atomic E-state index is 11.9. The van der Waals surface area contributed by atoms with Crippen LogP contribution >= 0.6 is 0 Å². The van der Waals surface area contributed by atoms with Crippen molar-refractivity contribution in [2.45, 2.75) is 20.3 Å². The van der Waals surface area contributed by atoms with Crippen molar-refractivity contribution >= 4 is 23.5 Å². The monoisotopic (exact) mass is 355 g/mol. The summed E-state index contributed by atoms with van der Waals surface area (Å²) < 4.78 is 9.89. The quantitative estimate of drug-likeness (QED) is 0.771. The molecule has 0 aliphatic rings. The van der Waals surface area contributed by atoms with Crippen LogP contribution in [0.25, 0.3) is 0 Å². The van der Waals surface area contributed by atoms with Crippen LogP contribution in [-0.2, 0) is 20.7 Å². The number of hydrogen-bond donors (Lipinski definition) is 1. The van der Waals surface area contributed by atoms with Crippen molar-refractivity contribution in [3.8, 4) is 0 Å². The molecule has 0 heterocycles. The topological polar surface area (TPSA) is 81.7 Å². The molecular formula is C20H21NO5. The van der Waals surface area contributed by atoms with E-state index in [0.29, 0.717) is 23.4 Å². The van der Waals surface area contributed by atoms with Gasteiger partial charge in [-0.1, -0.05) is 19.1 Å². The highest BCUT2D eigenvalue weighted by Crippen LogP contribution is 2.11. The Hall–Kier alpha value is -3.15. The molecule has 0 spiro atoms. The van der Waals surface area contributed by atoms with Gasteiger partial charge in [0.1, 0.15) is 0 Å². The number of benzene rings is 2. The van der Waals surface area contributed by atoms with E-state index in [0.717, 1.165) is 12.0 Å². The van der Waals surface area contributed by atoms with E-state index < -0.39 is 24.5 Å². The van der Waals surface area contributed by atoms with Crippen molar-refractivity contribution in [2.24, 2.45) is 0 Å².